The Morgan fingerprint density at radius 1 is 1.31 bits per heavy atom. The summed E-state index contributed by atoms with van der Waals surface area (Å²) in [4.78, 5) is 8.21. The van der Waals surface area contributed by atoms with E-state index in [2.05, 4.69) is 23.8 Å². The summed E-state index contributed by atoms with van der Waals surface area (Å²) in [6.07, 6.45) is 3.11. The molecule has 72 valence electrons. The van der Waals surface area contributed by atoms with Crippen LogP contribution in [0.25, 0.3) is 0 Å². The van der Waals surface area contributed by atoms with Crippen molar-refractivity contribution in [2.45, 2.75) is 20.0 Å². The van der Waals surface area contributed by atoms with Gasteiger partial charge < -0.3 is 4.74 Å². The molecule has 0 aliphatic rings. The van der Waals surface area contributed by atoms with Crippen LogP contribution >= 0.6 is 11.6 Å². The Bertz CT molecular complexity index is 261. The highest BCUT2D eigenvalue weighted by molar-refractivity contribution is 6.30. The van der Waals surface area contributed by atoms with E-state index in [0.717, 1.165) is 0 Å². The number of methoxy groups -OCH3 is 1. The Balaban J connectivity index is 2.86. The quantitative estimate of drug-likeness (QED) is 0.752. The molecule has 13 heavy (non-hydrogen) atoms. The Morgan fingerprint density at radius 2 is 1.85 bits per heavy atom. The molecule has 0 spiro atoms. The average Bonchev–Trinajstić information content (AvgIpc) is 2.09. The van der Waals surface area contributed by atoms with Crippen LogP contribution in [0, 0.1) is 5.92 Å². The molecule has 0 N–H and O–H groups in total. The fourth-order valence-corrected chi connectivity index (χ4v) is 1.24. The fraction of sp³-hybridized carbons (Fsp3) is 0.556. The lowest BCUT2D eigenvalue weighted by Crippen LogP contribution is -2.12. The summed E-state index contributed by atoms with van der Waals surface area (Å²) in [7, 11) is 1.66. The number of halogens is 1. The van der Waals surface area contributed by atoms with Crippen LogP contribution in [0.1, 0.15) is 25.8 Å². The Morgan fingerprint density at radius 3 is 2.23 bits per heavy atom. The van der Waals surface area contributed by atoms with Crippen LogP contribution in [0.5, 0.6) is 0 Å². The second-order valence-corrected chi connectivity index (χ2v) is 3.60. The molecule has 0 fully saturated rings. The molecule has 0 radical (unpaired) electrons. The maximum Gasteiger partial charge on any atom is 0.157 e. The summed E-state index contributed by atoms with van der Waals surface area (Å²) in [5.74, 6) is 1.04. The molecule has 1 aromatic rings. The number of rotatable bonds is 3. The molecule has 1 rings (SSSR count). The second kappa shape index (κ2) is 4.53. The van der Waals surface area contributed by atoms with Crippen LogP contribution in [0.4, 0.5) is 0 Å². The summed E-state index contributed by atoms with van der Waals surface area (Å²) >= 11 is 5.67. The van der Waals surface area contributed by atoms with Gasteiger partial charge in [0.1, 0.15) is 6.10 Å². The lowest BCUT2D eigenvalue weighted by molar-refractivity contribution is 0.0574. The van der Waals surface area contributed by atoms with Crippen LogP contribution in [-0.4, -0.2) is 17.1 Å². The molecule has 0 aliphatic heterocycles. The SMILES string of the molecule is COC(c1ncc(Cl)cn1)C(C)C. The largest absolute Gasteiger partial charge is 0.373 e. The first-order valence-electron chi connectivity index (χ1n) is 4.15. The van der Waals surface area contributed by atoms with Gasteiger partial charge in [-0.3, -0.25) is 0 Å². The predicted molar refractivity (Wildman–Crippen MR) is 51.6 cm³/mol. The van der Waals surface area contributed by atoms with Crippen molar-refractivity contribution in [3.8, 4) is 0 Å². The van der Waals surface area contributed by atoms with Crippen molar-refractivity contribution in [1.82, 2.24) is 9.97 Å². The molecule has 0 bridgehead atoms. The first kappa shape index (κ1) is 10.4. The summed E-state index contributed by atoms with van der Waals surface area (Å²) in [6.45, 7) is 4.12. The van der Waals surface area contributed by atoms with Gasteiger partial charge in [-0.1, -0.05) is 25.4 Å². The number of nitrogens with zero attached hydrogens (tertiary/aromatic N) is 2. The highest BCUT2D eigenvalue weighted by Gasteiger charge is 2.17. The summed E-state index contributed by atoms with van der Waals surface area (Å²) in [5, 5.41) is 0.544. The molecule has 0 saturated heterocycles. The highest BCUT2D eigenvalue weighted by atomic mass is 35.5. The molecule has 1 heterocycles. The molecule has 3 nitrogen and oxygen atoms in total. The van der Waals surface area contributed by atoms with Gasteiger partial charge in [0.15, 0.2) is 5.82 Å². The minimum Gasteiger partial charge on any atom is -0.373 e. The van der Waals surface area contributed by atoms with Crippen LogP contribution < -0.4 is 0 Å². The van der Waals surface area contributed by atoms with E-state index in [4.69, 9.17) is 16.3 Å². The predicted octanol–water partition coefficient (Wildman–Crippen LogP) is 2.47. The van der Waals surface area contributed by atoms with Crippen molar-refractivity contribution in [2.75, 3.05) is 7.11 Å². The van der Waals surface area contributed by atoms with Gasteiger partial charge in [0, 0.05) is 19.5 Å². The molecule has 0 saturated carbocycles. The smallest absolute Gasteiger partial charge is 0.157 e. The number of hydrogen-bond acceptors (Lipinski definition) is 3. The van der Waals surface area contributed by atoms with E-state index in [-0.39, 0.29) is 6.10 Å². The summed E-state index contributed by atoms with van der Waals surface area (Å²) in [5.41, 5.74) is 0. The Kier molecular flexibility index (Phi) is 3.63. The topological polar surface area (TPSA) is 35.0 Å². The molecule has 0 amide bonds. The Labute approximate surface area is 83.1 Å². The van der Waals surface area contributed by atoms with E-state index in [1.807, 2.05) is 0 Å². The molecular formula is C9H13ClN2O. The Hall–Kier alpha value is -0.670. The lowest BCUT2D eigenvalue weighted by atomic mass is 10.1. The maximum absolute atomic E-state index is 5.67. The van der Waals surface area contributed by atoms with E-state index >= 15 is 0 Å². The van der Waals surface area contributed by atoms with Crippen molar-refractivity contribution < 1.29 is 4.74 Å². The van der Waals surface area contributed by atoms with Crippen molar-refractivity contribution in [3.63, 3.8) is 0 Å². The third-order valence-corrected chi connectivity index (χ3v) is 1.95. The van der Waals surface area contributed by atoms with Gasteiger partial charge in [-0.2, -0.15) is 0 Å². The fourth-order valence-electron chi connectivity index (χ4n) is 1.14. The van der Waals surface area contributed by atoms with Crippen molar-refractivity contribution in [1.29, 1.82) is 0 Å². The van der Waals surface area contributed by atoms with Gasteiger partial charge in [0.05, 0.1) is 5.02 Å². The van der Waals surface area contributed by atoms with E-state index in [1.54, 1.807) is 19.5 Å². The van der Waals surface area contributed by atoms with Crippen LogP contribution in [-0.2, 0) is 4.74 Å². The number of ether oxygens (including phenoxy) is 1. The van der Waals surface area contributed by atoms with Gasteiger partial charge in [0.25, 0.3) is 0 Å². The molecule has 4 heteroatoms. The maximum atomic E-state index is 5.67. The molecule has 1 aromatic heterocycles. The van der Waals surface area contributed by atoms with Crippen LogP contribution in [0.15, 0.2) is 12.4 Å². The zero-order valence-corrected chi connectivity index (χ0v) is 8.75. The third-order valence-electron chi connectivity index (χ3n) is 1.75. The number of hydrogen-bond donors (Lipinski definition) is 0. The van der Waals surface area contributed by atoms with Gasteiger partial charge in [0.2, 0.25) is 0 Å². The average molecular weight is 201 g/mol. The molecule has 1 atom stereocenters. The van der Waals surface area contributed by atoms with E-state index in [1.165, 1.54) is 0 Å². The second-order valence-electron chi connectivity index (χ2n) is 3.16. The zero-order chi connectivity index (χ0) is 9.84. The first-order chi connectivity index (χ1) is 6.15. The van der Waals surface area contributed by atoms with Crippen molar-refractivity contribution in [2.24, 2.45) is 5.92 Å². The summed E-state index contributed by atoms with van der Waals surface area (Å²) < 4.78 is 5.27. The van der Waals surface area contributed by atoms with Crippen LogP contribution in [0.3, 0.4) is 0 Å². The number of aromatic nitrogens is 2. The van der Waals surface area contributed by atoms with E-state index in [9.17, 15) is 0 Å². The minimum atomic E-state index is -0.0581. The molecule has 1 unspecified atom stereocenters. The first-order valence-corrected chi connectivity index (χ1v) is 4.53. The highest BCUT2D eigenvalue weighted by Crippen LogP contribution is 2.21. The standard InChI is InChI=1S/C9H13ClN2O/c1-6(2)8(13-3)9-11-4-7(10)5-12-9/h4-6,8H,1-3H3. The lowest BCUT2D eigenvalue weighted by Gasteiger charge is -2.16. The van der Waals surface area contributed by atoms with Gasteiger partial charge in [-0.05, 0) is 5.92 Å². The molecule has 0 aliphatic carbocycles. The van der Waals surface area contributed by atoms with Crippen molar-refractivity contribution >= 4 is 11.6 Å². The van der Waals surface area contributed by atoms with Gasteiger partial charge in [-0.15, -0.1) is 0 Å². The monoisotopic (exact) mass is 200 g/mol. The van der Waals surface area contributed by atoms with Gasteiger partial charge >= 0.3 is 0 Å². The van der Waals surface area contributed by atoms with E-state index < -0.39 is 0 Å². The summed E-state index contributed by atoms with van der Waals surface area (Å²) in [6, 6.07) is 0. The third kappa shape index (κ3) is 2.64. The van der Waals surface area contributed by atoms with Crippen molar-refractivity contribution in [3.05, 3.63) is 23.2 Å². The van der Waals surface area contributed by atoms with E-state index in [0.29, 0.717) is 16.8 Å². The van der Waals surface area contributed by atoms with Crippen LogP contribution in [0.2, 0.25) is 5.02 Å². The minimum absolute atomic E-state index is 0.0581. The molecular weight excluding hydrogens is 188 g/mol. The normalized spacial score (nSPS) is 13.3. The van der Waals surface area contributed by atoms with Gasteiger partial charge in [-0.25, -0.2) is 9.97 Å². The zero-order valence-electron chi connectivity index (χ0n) is 7.99. The molecule has 0 aromatic carbocycles.